The molecule has 214 valence electrons. The minimum Gasteiger partial charge on any atom is -0.508 e. The molecule has 3 aliphatic rings. The average molecular weight is 577 g/mol. The van der Waals surface area contributed by atoms with Gasteiger partial charge in [-0.1, -0.05) is 31.5 Å². The Morgan fingerprint density at radius 3 is 2.63 bits per heavy atom. The van der Waals surface area contributed by atoms with Gasteiger partial charge in [-0.15, -0.1) is 11.3 Å². The summed E-state index contributed by atoms with van der Waals surface area (Å²) in [6.07, 6.45) is 1.50. The lowest BCUT2D eigenvalue weighted by atomic mass is 9.97. The molecule has 1 aromatic heterocycles. The highest BCUT2D eigenvalue weighted by molar-refractivity contribution is 7.12. The van der Waals surface area contributed by atoms with Crippen LogP contribution in [-0.2, 0) is 17.8 Å². The van der Waals surface area contributed by atoms with Gasteiger partial charge in [0.15, 0.2) is 11.5 Å². The van der Waals surface area contributed by atoms with Crippen LogP contribution in [-0.4, -0.2) is 65.3 Å². The smallest absolute Gasteiger partial charge is 0.323 e. The Kier molecular flexibility index (Phi) is 7.44. The van der Waals surface area contributed by atoms with Crippen LogP contribution in [0.1, 0.15) is 40.6 Å². The van der Waals surface area contributed by atoms with Gasteiger partial charge in [0, 0.05) is 19.6 Å². The Bertz CT molecular complexity index is 1460. The molecule has 0 bridgehead atoms. The quantitative estimate of drug-likeness (QED) is 0.437. The van der Waals surface area contributed by atoms with Crippen LogP contribution in [0.5, 0.6) is 17.2 Å². The van der Waals surface area contributed by atoms with Crippen LogP contribution in [0.2, 0.25) is 0 Å². The lowest BCUT2D eigenvalue weighted by Gasteiger charge is -2.43. The molecule has 0 radical (unpaired) electrons. The van der Waals surface area contributed by atoms with Crippen molar-refractivity contribution < 1.29 is 29.0 Å². The predicted octanol–water partition coefficient (Wildman–Crippen LogP) is 4.18. The highest BCUT2D eigenvalue weighted by Gasteiger charge is 2.46. The minimum absolute atomic E-state index is 0.0298. The second kappa shape index (κ2) is 11.3. The molecule has 41 heavy (non-hydrogen) atoms. The molecular formula is C30H32N4O6S. The Labute approximate surface area is 242 Å². The van der Waals surface area contributed by atoms with Gasteiger partial charge in [0.1, 0.15) is 16.8 Å². The van der Waals surface area contributed by atoms with Crippen molar-refractivity contribution in [3.05, 3.63) is 69.9 Å². The van der Waals surface area contributed by atoms with Gasteiger partial charge in [-0.2, -0.15) is 0 Å². The molecule has 0 spiro atoms. The second-order valence-electron chi connectivity index (χ2n) is 10.5. The number of fused-ring (bicyclic) bond motifs is 3. The number of thiophene rings is 1. The number of phenolic OH excluding ortho intramolecular Hbond substituents is 1. The number of urea groups is 1. The average Bonchev–Trinajstić information content (AvgIpc) is 3.63. The lowest BCUT2D eigenvalue weighted by molar-refractivity contribution is -0.134. The zero-order valence-electron chi connectivity index (χ0n) is 22.7. The lowest BCUT2D eigenvalue weighted by Crippen LogP contribution is -2.61. The van der Waals surface area contributed by atoms with Gasteiger partial charge in [-0.05, 0) is 59.7 Å². The first-order chi connectivity index (χ1) is 19.9. The molecular weight excluding hydrogens is 544 g/mol. The van der Waals surface area contributed by atoms with Crippen molar-refractivity contribution in [2.75, 3.05) is 31.3 Å². The summed E-state index contributed by atoms with van der Waals surface area (Å²) in [5, 5.41) is 14.6. The van der Waals surface area contributed by atoms with Gasteiger partial charge in [0.25, 0.3) is 5.91 Å². The summed E-state index contributed by atoms with van der Waals surface area (Å²) in [5.41, 5.74) is 2.31. The van der Waals surface area contributed by atoms with E-state index in [4.69, 9.17) is 9.47 Å². The van der Waals surface area contributed by atoms with E-state index in [-0.39, 0.29) is 50.0 Å². The first kappa shape index (κ1) is 26.9. The van der Waals surface area contributed by atoms with Gasteiger partial charge in [-0.25, -0.2) is 4.79 Å². The third-order valence-electron chi connectivity index (χ3n) is 7.78. The molecule has 4 amide bonds. The number of unbranched alkanes of at least 4 members (excludes halogenated alkanes) is 1. The summed E-state index contributed by atoms with van der Waals surface area (Å²) in [6, 6.07) is 13.8. The van der Waals surface area contributed by atoms with E-state index >= 15 is 0 Å². The molecule has 1 saturated heterocycles. The normalized spacial score (nSPS) is 19.6. The van der Waals surface area contributed by atoms with Crippen LogP contribution in [0.3, 0.4) is 0 Å². The van der Waals surface area contributed by atoms with Gasteiger partial charge >= 0.3 is 6.03 Å². The van der Waals surface area contributed by atoms with E-state index in [0.29, 0.717) is 35.0 Å². The van der Waals surface area contributed by atoms with E-state index < -0.39 is 12.1 Å². The number of nitrogens with zero attached hydrogens (tertiary/aromatic N) is 3. The number of aromatic hydroxyl groups is 1. The third kappa shape index (κ3) is 5.29. The SMILES string of the molecule is CCCCN1CC2N(C[C@@H](Cc3ccc(O)cc3)C1=O)C(=O)c1sccc1N2C(=O)NCc1ccc2c(c1)OCO2. The number of nitrogens with one attached hydrogen (secondary N) is 1. The van der Waals surface area contributed by atoms with E-state index in [1.165, 1.54) is 11.3 Å². The van der Waals surface area contributed by atoms with E-state index in [1.54, 1.807) is 40.1 Å². The van der Waals surface area contributed by atoms with Crippen molar-refractivity contribution in [1.29, 1.82) is 0 Å². The summed E-state index contributed by atoms with van der Waals surface area (Å²) >= 11 is 1.30. The zero-order chi connectivity index (χ0) is 28.5. The van der Waals surface area contributed by atoms with Crippen molar-refractivity contribution in [3.63, 3.8) is 0 Å². The second-order valence-corrected chi connectivity index (χ2v) is 11.4. The fourth-order valence-electron chi connectivity index (χ4n) is 5.64. The zero-order valence-corrected chi connectivity index (χ0v) is 23.6. The van der Waals surface area contributed by atoms with Gasteiger partial charge in [0.05, 0.1) is 18.2 Å². The predicted molar refractivity (Wildman–Crippen MR) is 153 cm³/mol. The van der Waals surface area contributed by atoms with E-state index in [2.05, 4.69) is 12.2 Å². The summed E-state index contributed by atoms with van der Waals surface area (Å²) in [4.78, 5) is 47.1. The standard InChI is InChI=1S/C30H32N4O6S/c1-2-3-11-32-17-26-33(16-21(28(32)36)13-19-4-7-22(35)8-5-19)29(37)27-23(10-12-41-27)34(26)30(38)31-15-20-6-9-24-25(14-20)40-18-39-24/h4-10,12,14,21,26,35H,2-3,11,13,15-18H2,1H3,(H,31,38)/t21-,26?/m1/s1. The summed E-state index contributed by atoms with van der Waals surface area (Å²) in [5.74, 6) is 0.791. The molecule has 10 nitrogen and oxygen atoms in total. The van der Waals surface area contributed by atoms with Crippen molar-refractivity contribution in [2.24, 2.45) is 5.92 Å². The number of carbonyl (C=O) groups excluding carboxylic acids is 3. The number of amides is 4. The topological polar surface area (TPSA) is 112 Å². The Morgan fingerprint density at radius 2 is 1.83 bits per heavy atom. The fraction of sp³-hybridized carbons (Fsp3) is 0.367. The maximum Gasteiger partial charge on any atom is 0.323 e. The number of carbonyl (C=O) groups is 3. The minimum atomic E-state index is -0.646. The van der Waals surface area contributed by atoms with E-state index in [0.717, 1.165) is 24.0 Å². The maximum absolute atomic E-state index is 13.9. The monoisotopic (exact) mass is 576 g/mol. The van der Waals surface area contributed by atoms with Crippen molar-refractivity contribution in [1.82, 2.24) is 15.1 Å². The number of hydrogen-bond acceptors (Lipinski definition) is 7. The number of phenols is 1. The van der Waals surface area contributed by atoms with Gasteiger partial charge in [-0.3, -0.25) is 14.5 Å². The Hall–Kier alpha value is -4.25. The molecule has 4 heterocycles. The first-order valence-electron chi connectivity index (χ1n) is 13.8. The molecule has 1 fully saturated rings. The molecule has 2 atom stereocenters. The maximum atomic E-state index is 13.9. The number of anilines is 1. The third-order valence-corrected chi connectivity index (χ3v) is 8.67. The molecule has 2 N–H and O–H groups in total. The number of benzene rings is 2. The van der Waals surface area contributed by atoms with Crippen LogP contribution in [0, 0.1) is 5.92 Å². The molecule has 6 rings (SSSR count). The molecule has 2 aromatic carbocycles. The number of ether oxygens (including phenoxy) is 2. The van der Waals surface area contributed by atoms with Gasteiger partial charge < -0.3 is 29.7 Å². The first-order valence-corrected chi connectivity index (χ1v) is 14.7. The molecule has 0 aliphatic carbocycles. The molecule has 11 heteroatoms. The molecule has 3 aromatic rings. The molecule has 1 unspecified atom stereocenters. The van der Waals surface area contributed by atoms with Gasteiger partial charge in [0.2, 0.25) is 12.7 Å². The molecule has 0 saturated carbocycles. The fourth-order valence-corrected chi connectivity index (χ4v) is 6.48. The van der Waals surface area contributed by atoms with E-state index in [9.17, 15) is 19.5 Å². The van der Waals surface area contributed by atoms with Crippen molar-refractivity contribution in [2.45, 2.75) is 38.9 Å². The summed E-state index contributed by atoms with van der Waals surface area (Å²) in [6.45, 7) is 3.46. The van der Waals surface area contributed by atoms with Crippen LogP contribution >= 0.6 is 11.3 Å². The van der Waals surface area contributed by atoms with Crippen LogP contribution in [0.25, 0.3) is 0 Å². The summed E-state index contributed by atoms with van der Waals surface area (Å²) < 4.78 is 10.9. The number of rotatable bonds is 7. The number of hydrogen-bond donors (Lipinski definition) is 2. The summed E-state index contributed by atoms with van der Waals surface area (Å²) in [7, 11) is 0. The highest BCUT2D eigenvalue weighted by atomic mass is 32.1. The van der Waals surface area contributed by atoms with Crippen molar-refractivity contribution in [3.8, 4) is 17.2 Å². The molecule has 3 aliphatic heterocycles. The van der Waals surface area contributed by atoms with Crippen molar-refractivity contribution >= 4 is 34.9 Å². The Balaban J connectivity index is 1.29. The van der Waals surface area contributed by atoms with E-state index in [1.807, 2.05) is 28.5 Å². The Morgan fingerprint density at radius 1 is 1.05 bits per heavy atom. The van der Waals surface area contributed by atoms with Crippen LogP contribution in [0.4, 0.5) is 10.5 Å². The largest absolute Gasteiger partial charge is 0.508 e. The van der Waals surface area contributed by atoms with Crippen LogP contribution < -0.4 is 19.7 Å². The van der Waals surface area contributed by atoms with Crippen LogP contribution in [0.15, 0.2) is 53.9 Å². The highest BCUT2D eigenvalue weighted by Crippen LogP contribution is 2.38.